The largest absolute Gasteiger partial charge is 0.497 e. The van der Waals surface area contributed by atoms with Gasteiger partial charge in [-0.1, -0.05) is 12.5 Å². The fraction of sp³-hybridized carbons (Fsp3) is 0.625. The standard InChI is InChI=1S/C16H23NO2/c1-18-14-6-5-13(16(9-14)19-2)10-17-15-8-11-3-4-12(15)7-11/h5-6,9,11-12,15,17H,3-4,7-8,10H2,1-2H3. The van der Waals surface area contributed by atoms with Crippen LogP contribution >= 0.6 is 0 Å². The lowest BCUT2D eigenvalue weighted by Gasteiger charge is -2.23. The maximum absolute atomic E-state index is 5.44. The number of methoxy groups -OCH3 is 2. The summed E-state index contributed by atoms with van der Waals surface area (Å²) in [7, 11) is 3.40. The van der Waals surface area contributed by atoms with E-state index in [0.717, 1.165) is 29.9 Å². The van der Waals surface area contributed by atoms with Crippen molar-refractivity contribution in [2.24, 2.45) is 11.8 Å². The molecule has 2 saturated carbocycles. The predicted octanol–water partition coefficient (Wildman–Crippen LogP) is 2.98. The van der Waals surface area contributed by atoms with E-state index in [-0.39, 0.29) is 0 Å². The van der Waals surface area contributed by atoms with Crippen molar-refractivity contribution in [1.82, 2.24) is 5.32 Å². The highest BCUT2D eigenvalue weighted by molar-refractivity contribution is 5.40. The Bertz CT molecular complexity index is 446. The van der Waals surface area contributed by atoms with Crippen molar-refractivity contribution in [2.45, 2.75) is 38.3 Å². The van der Waals surface area contributed by atoms with Crippen molar-refractivity contribution in [1.29, 1.82) is 0 Å². The van der Waals surface area contributed by atoms with Gasteiger partial charge in [0, 0.05) is 24.2 Å². The van der Waals surface area contributed by atoms with E-state index in [1.54, 1.807) is 14.2 Å². The van der Waals surface area contributed by atoms with Crippen molar-refractivity contribution in [3.8, 4) is 11.5 Å². The predicted molar refractivity (Wildman–Crippen MR) is 75.6 cm³/mol. The number of benzene rings is 1. The Labute approximate surface area is 115 Å². The van der Waals surface area contributed by atoms with Crippen LogP contribution in [0.15, 0.2) is 18.2 Å². The van der Waals surface area contributed by atoms with Crippen molar-refractivity contribution in [3.05, 3.63) is 23.8 Å². The normalized spacial score (nSPS) is 28.6. The molecule has 104 valence electrons. The van der Waals surface area contributed by atoms with Gasteiger partial charge in [-0.25, -0.2) is 0 Å². The minimum atomic E-state index is 0.713. The molecule has 3 rings (SSSR count). The summed E-state index contributed by atoms with van der Waals surface area (Å²) in [6.45, 7) is 0.890. The molecule has 2 fully saturated rings. The first kappa shape index (κ1) is 12.8. The Kier molecular flexibility index (Phi) is 3.65. The highest BCUT2D eigenvalue weighted by atomic mass is 16.5. The lowest BCUT2D eigenvalue weighted by molar-refractivity contribution is 0.345. The van der Waals surface area contributed by atoms with Crippen LogP contribution in [0.25, 0.3) is 0 Å². The molecule has 1 aromatic rings. The number of rotatable bonds is 5. The zero-order valence-electron chi connectivity index (χ0n) is 11.8. The number of hydrogen-bond acceptors (Lipinski definition) is 3. The first-order valence-corrected chi connectivity index (χ1v) is 7.24. The maximum atomic E-state index is 5.44. The molecule has 0 spiro atoms. The van der Waals surface area contributed by atoms with E-state index >= 15 is 0 Å². The molecular formula is C16H23NO2. The van der Waals surface area contributed by atoms with Crippen LogP contribution in [0.3, 0.4) is 0 Å². The van der Waals surface area contributed by atoms with E-state index in [2.05, 4.69) is 11.4 Å². The van der Waals surface area contributed by atoms with Crippen LogP contribution in [0, 0.1) is 11.8 Å². The molecule has 3 heteroatoms. The van der Waals surface area contributed by atoms with Crippen molar-refractivity contribution in [2.75, 3.05) is 14.2 Å². The monoisotopic (exact) mass is 261 g/mol. The van der Waals surface area contributed by atoms with Crippen LogP contribution in [-0.4, -0.2) is 20.3 Å². The molecule has 0 aromatic heterocycles. The smallest absolute Gasteiger partial charge is 0.127 e. The van der Waals surface area contributed by atoms with Crippen LogP contribution in [0.2, 0.25) is 0 Å². The summed E-state index contributed by atoms with van der Waals surface area (Å²) in [5, 5.41) is 3.72. The van der Waals surface area contributed by atoms with E-state index in [4.69, 9.17) is 9.47 Å². The number of nitrogens with one attached hydrogen (secondary N) is 1. The lowest BCUT2D eigenvalue weighted by Crippen LogP contribution is -2.33. The van der Waals surface area contributed by atoms with Gasteiger partial charge < -0.3 is 14.8 Å². The average molecular weight is 261 g/mol. The fourth-order valence-corrected chi connectivity index (χ4v) is 3.73. The second-order valence-corrected chi connectivity index (χ2v) is 5.84. The van der Waals surface area contributed by atoms with E-state index in [0.29, 0.717) is 6.04 Å². The van der Waals surface area contributed by atoms with Crippen molar-refractivity contribution in [3.63, 3.8) is 0 Å². The number of fused-ring (bicyclic) bond motifs is 2. The van der Waals surface area contributed by atoms with E-state index in [1.165, 1.54) is 31.2 Å². The second kappa shape index (κ2) is 5.41. The Morgan fingerprint density at radius 2 is 2.05 bits per heavy atom. The van der Waals surface area contributed by atoms with Crippen LogP contribution in [-0.2, 0) is 6.54 Å². The van der Waals surface area contributed by atoms with Crippen LogP contribution in [0.1, 0.15) is 31.2 Å². The Hall–Kier alpha value is -1.22. The third-order valence-electron chi connectivity index (χ3n) is 4.79. The number of hydrogen-bond donors (Lipinski definition) is 1. The SMILES string of the molecule is COc1ccc(CNC2CC3CCC2C3)c(OC)c1. The fourth-order valence-electron chi connectivity index (χ4n) is 3.73. The van der Waals surface area contributed by atoms with Crippen molar-refractivity contribution >= 4 is 0 Å². The van der Waals surface area contributed by atoms with Crippen LogP contribution in [0.4, 0.5) is 0 Å². The third kappa shape index (κ3) is 2.57. The molecule has 3 atom stereocenters. The molecule has 19 heavy (non-hydrogen) atoms. The summed E-state index contributed by atoms with van der Waals surface area (Å²) in [4.78, 5) is 0. The van der Waals surface area contributed by atoms with Crippen LogP contribution in [0.5, 0.6) is 11.5 Å². The molecule has 0 amide bonds. The van der Waals surface area contributed by atoms with Crippen LogP contribution < -0.4 is 14.8 Å². The van der Waals surface area contributed by atoms with E-state index in [1.807, 2.05) is 12.1 Å². The third-order valence-corrected chi connectivity index (χ3v) is 4.79. The molecule has 2 bridgehead atoms. The van der Waals surface area contributed by atoms with Gasteiger partial charge in [0.25, 0.3) is 0 Å². The molecule has 0 aliphatic heterocycles. The summed E-state index contributed by atoms with van der Waals surface area (Å²) >= 11 is 0. The van der Waals surface area contributed by atoms with Gasteiger partial charge in [-0.15, -0.1) is 0 Å². The zero-order chi connectivity index (χ0) is 13.2. The quantitative estimate of drug-likeness (QED) is 0.884. The molecule has 3 unspecified atom stereocenters. The Morgan fingerprint density at radius 3 is 2.68 bits per heavy atom. The topological polar surface area (TPSA) is 30.5 Å². The molecule has 0 saturated heterocycles. The molecule has 0 radical (unpaired) electrons. The summed E-state index contributed by atoms with van der Waals surface area (Å²) in [6.07, 6.45) is 5.68. The summed E-state index contributed by atoms with van der Waals surface area (Å²) in [5.41, 5.74) is 1.21. The van der Waals surface area contributed by atoms with Crippen molar-refractivity contribution < 1.29 is 9.47 Å². The average Bonchev–Trinajstić information content (AvgIpc) is 3.07. The zero-order valence-corrected chi connectivity index (χ0v) is 11.8. The van der Waals surface area contributed by atoms with Gasteiger partial charge >= 0.3 is 0 Å². The second-order valence-electron chi connectivity index (χ2n) is 5.84. The van der Waals surface area contributed by atoms with Gasteiger partial charge in [-0.2, -0.15) is 0 Å². The molecule has 1 N–H and O–H groups in total. The van der Waals surface area contributed by atoms with Gasteiger partial charge in [0.2, 0.25) is 0 Å². The molecule has 2 aliphatic rings. The molecule has 3 nitrogen and oxygen atoms in total. The first-order valence-electron chi connectivity index (χ1n) is 7.24. The van der Waals surface area contributed by atoms with Gasteiger partial charge in [0.05, 0.1) is 14.2 Å². The molecule has 1 aromatic carbocycles. The number of ether oxygens (including phenoxy) is 2. The highest BCUT2D eigenvalue weighted by Gasteiger charge is 2.39. The molecule has 0 heterocycles. The lowest BCUT2D eigenvalue weighted by atomic mass is 9.95. The first-order chi connectivity index (χ1) is 9.30. The van der Waals surface area contributed by atoms with Gasteiger partial charge in [0.1, 0.15) is 11.5 Å². The van der Waals surface area contributed by atoms with E-state index < -0.39 is 0 Å². The minimum Gasteiger partial charge on any atom is -0.497 e. The Balaban J connectivity index is 1.63. The maximum Gasteiger partial charge on any atom is 0.127 e. The van der Waals surface area contributed by atoms with Gasteiger partial charge in [0.15, 0.2) is 0 Å². The minimum absolute atomic E-state index is 0.713. The van der Waals surface area contributed by atoms with Gasteiger partial charge in [-0.3, -0.25) is 0 Å². The summed E-state index contributed by atoms with van der Waals surface area (Å²) in [5.74, 6) is 3.66. The summed E-state index contributed by atoms with van der Waals surface area (Å²) in [6, 6.07) is 6.77. The Morgan fingerprint density at radius 1 is 1.16 bits per heavy atom. The summed E-state index contributed by atoms with van der Waals surface area (Å²) < 4.78 is 10.7. The van der Waals surface area contributed by atoms with Gasteiger partial charge in [-0.05, 0) is 37.2 Å². The molecule has 2 aliphatic carbocycles. The molecular weight excluding hydrogens is 238 g/mol. The highest BCUT2D eigenvalue weighted by Crippen LogP contribution is 2.44. The van der Waals surface area contributed by atoms with E-state index in [9.17, 15) is 0 Å².